The summed E-state index contributed by atoms with van der Waals surface area (Å²) in [6.45, 7) is 2.29. The van der Waals surface area contributed by atoms with Crippen LogP contribution in [0.1, 0.15) is 23.6 Å². The second kappa shape index (κ2) is 7.68. The number of carbonyl (C=O) groups excluding carboxylic acids is 1. The molecule has 0 fully saturated rings. The molecule has 1 aliphatic rings. The van der Waals surface area contributed by atoms with Crippen LogP contribution in [0.25, 0.3) is 11.0 Å². The van der Waals surface area contributed by atoms with E-state index in [1.165, 1.54) is 6.07 Å². The Morgan fingerprint density at radius 1 is 1.21 bits per heavy atom. The number of aryl methyl sites for hydroxylation is 1. The summed E-state index contributed by atoms with van der Waals surface area (Å²) in [7, 11) is 0. The van der Waals surface area contributed by atoms with Gasteiger partial charge in [-0.1, -0.05) is 30.7 Å². The van der Waals surface area contributed by atoms with Gasteiger partial charge in [-0.3, -0.25) is 4.79 Å². The summed E-state index contributed by atoms with van der Waals surface area (Å²) in [6.07, 6.45) is 1.35. The zero-order chi connectivity index (χ0) is 19.7. The van der Waals surface area contributed by atoms with Gasteiger partial charge in [-0.25, -0.2) is 4.79 Å². The number of fused-ring (bicyclic) bond motifs is 2. The van der Waals surface area contributed by atoms with E-state index < -0.39 is 11.5 Å². The van der Waals surface area contributed by atoms with Crippen molar-refractivity contribution in [2.75, 3.05) is 6.61 Å². The minimum atomic E-state index is -0.462. The summed E-state index contributed by atoms with van der Waals surface area (Å²) in [4.78, 5) is 24.4. The Labute approximate surface area is 166 Å². The molecule has 0 saturated heterocycles. The van der Waals surface area contributed by atoms with E-state index in [1.807, 2.05) is 25.1 Å². The van der Waals surface area contributed by atoms with Gasteiger partial charge in [0, 0.05) is 22.0 Å². The Bertz CT molecular complexity index is 1100. The Morgan fingerprint density at radius 2 is 2.07 bits per heavy atom. The first kappa shape index (κ1) is 18.6. The van der Waals surface area contributed by atoms with E-state index in [9.17, 15) is 9.59 Å². The molecule has 0 spiro atoms. The van der Waals surface area contributed by atoms with E-state index >= 15 is 0 Å². The third kappa shape index (κ3) is 3.76. The summed E-state index contributed by atoms with van der Waals surface area (Å²) >= 11 is 6.03. The lowest BCUT2D eigenvalue weighted by Gasteiger charge is -2.24. The number of hydrogen-bond acceptors (Lipinski definition) is 5. The van der Waals surface area contributed by atoms with Gasteiger partial charge in [-0.2, -0.15) is 0 Å². The molecular formula is C22H19ClO5. The molecule has 1 aliphatic heterocycles. The van der Waals surface area contributed by atoms with Crippen LogP contribution >= 0.6 is 11.6 Å². The minimum Gasteiger partial charge on any atom is -0.492 e. The lowest BCUT2D eigenvalue weighted by atomic mass is 9.97. The molecule has 1 atom stereocenters. The number of ether oxygens (including phenoxy) is 2. The van der Waals surface area contributed by atoms with Crippen LogP contribution in [-0.2, 0) is 29.0 Å². The van der Waals surface area contributed by atoms with Gasteiger partial charge in [0.2, 0.25) is 0 Å². The summed E-state index contributed by atoms with van der Waals surface area (Å²) in [5.41, 5.74) is 2.63. The van der Waals surface area contributed by atoms with Gasteiger partial charge in [-0.05, 0) is 48.2 Å². The molecule has 0 aliphatic carbocycles. The molecule has 6 heteroatoms. The normalized spacial score (nSPS) is 15.7. The zero-order valence-corrected chi connectivity index (χ0v) is 16.1. The fourth-order valence-corrected chi connectivity index (χ4v) is 3.59. The second-order valence-electron chi connectivity index (χ2n) is 6.85. The van der Waals surface area contributed by atoms with E-state index in [0.29, 0.717) is 22.6 Å². The maximum absolute atomic E-state index is 12.6. The van der Waals surface area contributed by atoms with Crippen molar-refractivity contribution in [3.8, 4) is 5.75 Å². The number of esters is 1. The molecule has 0 amide bonds. The fraction of sp³-hybridized carbons (Fsp3) is 0.273. The Kier molecular flexibility index (Phi) is 5.09. The molecule has 3 aromatic rings. The lowest BCUT2D eigenvalue weighted by molar-refractivity contribution is -0.151. The lowest BCUT2D eigenvalue weighted by Crippen LogP contribution is -2.29. The van der Waals surface area contributed by atoms with Crippen molar-refractivity contribution in [1.82, 2.24) is 0 Å². The SMILES string of the molecule is CCc1ccc2c(COC(=O)[C@H]3COc4ccc(Cl)cc4C3)cc(=O)oc2c1. The van der Waals surface area contributed by atoms with Crippen LogP contribution in [0.2, 0.25) is 5.02 Å². The minimum absolute atomic E-state index is 0.00527. The van der Waals surface area contributed by atoms with Crippen LogP contribution in [-0.4, -0.2) is 12.6 Å². The van der Waals surface area contributed by atoms with Crippen LogP contribution in [0.3, 0.4) is 0 Å². The molecule has 1 aromatic heterocycles. The van der Waals surface area contributed by atoms with Crippen LogP contribution in [0.4, 0.5) is 0 Å². The average molecular weight is 399 g/mol. The fourth-order valence-electron chi connectivity index (χ4n) is 3.39. The molecule has 0 saturated carbocycles. The predicted octanol–water partition coefficient (Wildman–Crippen LogP) is 4.30. The van der Waals surface area contributed by atoms with Crippen molar-refractivity contribution in [3.63, 3.8) is 0 Å². The average Bonchev–Trinajstić information content (AvgIpc) is 2.70. The van der Waals surface area contributed by atoms with Gasteiger partial charge in [0.05, 0.1) is 5.92 Å². The van der Waals surface area contributed by atoms with Gasteiger partial charge < -0.3 is 13.9 Å². The van der Waals surface area contributed by atoms with E-state index in [0.717, 1.165) is 28.7 Å². The largest absolute Gasteiger partial charge is 0.492 e. The highest BCUT2D eigenvalue weighted by Crippen LogP contribution is 2.30. The topological polar surface area (TPSA) is 65.7 Å². The maximum Gasteiger partial charge on any atom is 0.336 e. The molecule has 0 unspecified atom stereocenters. The Balaban J connectivity index is 1.50. The smallest absolute Gasteiger partial charge is 0.336 e. The van der Waals surface area contributed by atoms with Gasteiger partial charge in [-0.15, -0.1) is 0 Å². The molecule has 2 heterocycles. The molecule has 0 N–H and O–H groups in total. The number of hydrogen-bond donors (Lipinski definition) is 0. The number of halogens is 1. The van der Waals surface area contributed by atoms with Gasteiger partial charge >= 0.3 is 11.6 Å². The van der Waals surface area contributed by atoms with E-state index in [2.05, 4.69) is 0 Å². The molecule has 4 rings (SSSR count). The summed E-state index contributed by atoms with van der Waals surface area (Å²) in [6, 6.07) is 12.4. The highest BCUT2D eigenvalue weighted by Gasteiger charge is 2.27. The number of benzene rings is 2. The van der Waals surface area contributed by atoms with Gasteiger partial charge in [0.15, 0.2) is 0 Å². The molecule has 28 heavy (non-hydrogen) atoms. The third-order valence-electron chi connectivity index (χ3n) is 4.93. The van der Waals surface area contributed by atoms with Crippen molar-refractivity contribution >= 4 is 28.5 Å². The van der Waals surface area contributed by atoms with Crippen LogP contribution < -0.4 is 10.4 Å². The van der Waals surface area contributed by atoms with E-state index in [4.69, 9.17) is 25.5 Å². The third-order valence-corrected chi connectivity index (χ3v) is 5.17. The van der Waals surface area contributed by atoms with E-state index in [1.54, 1.807) is 18.2 Å². The van der Waals surface area contributed by atoms with Gasteiger partial charge in [0.25, 0.3) is 0 Å². The summed E-state index contributed by atoms with van der Waals surface area (Å²) in [5.74, 6) is -0.0342. The van der Waals surface area contributed by atoms with E-state index in [-0.39, 0.29) is 19.2 Å². The molecule has 144 valence electrons. The van der Waals surface area contributed by atoms with Crippen LogP contribution in [0.15, 0.2) is 51.7 Å². The Hall–Kier alpha value is -2.79. The first-order valence-electron chi connectivity index (χ1n) is 9.17. The van der Waals surface area contributed by atoms with Crippen LogP contribution in [0.5, 0.6) is 5.75 Å². The number of carbonyl (C=O) groups is 1. The monoisotopic (exact) mass is 398 g/mol. The molecule has 5 nitrogen and oxygen atoms in total. The molecule has 2 aromatic carbocycles. The summed E-state index contributed by atoms with van der Waals surface area (Å²) in [5, 5.41) is 1.37. The van der Waals surface area contributed by atoms with Crippen molar-refractivity contribution in [2.45, 2.75) is 26.4 Å². The first-order chi connectivity index (χ1) is 13.5. The number of rotatable bonds is 4. The summed E-state index contributed by atoms with van der Waals surface area (Å²) < 4.78 is 16.4. The first-order valence-corrected chi connectivity index (χ1v) is 9.55. The highest BCUT2D eigenvalue weighted by molar-refractivity contribution is 6.30. The predicted molar refractivity (Wildman–Crippen MR) is 106 cm³/mol. The maximum atomic E-state index is 12.6. The van der Waals surface area contributed by atoms with Crippen molar-refractivity contribution < 1.29 is 18.7 Å². The van der Waals surface area contributed by atoms with Crippen molar-refractivity contribution in [1.29, 1.82) is 0 Å². The quantitative estimate of drug-likeness (QED) is 0.484. The second-order valence-corrected chi connectivity index (χ2v) is 7.28. The molecule has 0 bridgehead atoms. The van der Waals surface area contributed by atoms with Crippen LogP contribution in [0, 0.1) is 5.92 Å². The molecular weight excluding hydrogens is 380 g/mol. The Morgan fingerprint density at radius 3 is 2.89 bits per heavy atom. The van der Waals surface area contributed by atoms with Crippen molar-refractivity contribution in [2.24, 2.45) is 5.92 Å². The standard InChI is InChI=1S/C22H19ClO5/c1-2-13-3-5-18-15(10-21(24)28-20(18)7-13)11-27-22(25)16-8-14-9-17(23)4-6-19(14)26-12-16/h3-7,9-10,16H,2,8,11-12H2,1H3/t16-/m1/s1. The zero-order valence-electron chi connectivity index (χ0n) is 15.4. The molecule has 0 radical (unpaired) electrons. The van der Waals surface area contributed by atoms with Gasteiger partial charge in [0.1, 0.15) is 24.5 Å². The highest BCUT2D eigenvalue weighted by atomic mass is 35.5. The van der Waals surface area contributed by atoms with Crippen molar-refractivity contribution in [3.05, 3.63) is 74.6 Å².